The van der Waals surface area contributed by atoms with Crippen LogP contribution in [0.15, 0.2) is 36.7 Å². The van der Waals surface area contributed by atoms with Gasteiger partial charge in [0.2, 0.25) is 0 Å². The Morgan fingerprint density at radius 3 is 2.63 bits per heavy atom. The van der Waals surface area contributed by atoms with Gasteiger partial charge in [-0.1, -0.05) is 17.7 Å². The average molecular weight is 392 g/mol. The Morgan fingerprint density at radius 1 is 1.22 bits per heavy atom. The number of amides is 1. The maximum Gasteiger partial charge on any atom is 0.258 e. The van der Waals surface area contributed by atoms with Crippen LogP contribution in [0.2, 0.25) is 5.02 Å². The number of methoxy groups -OCH3 is 1. The van der Waals surface area contributed by atoms with E-state index in [4.69, 9.17) is 21.1 Å². The van der Waals surface area contributed by atoms with Gasteiger partial charge in [0.15, 0.2) is 18.1 Å². The number of rotatable bonds is 8. The third-order valence-electron chi connectivity index (χ3n) is 3.57. The second-order valence-electron chi connectivity index (χ2n) is 7.15. The number of carbonyl (C=O) groups is 1. The number of carbonyl (C=O) groups excluding carboxylic acids is 1. The fourth-order valence-corrected chi connectivity index (χ4v) is 2.65. The molecule has 7 heteroatoms. The molecule has 6 nitrogen and oxygen atoms in total. The van der Waals surface area contributed by atoms with Gasteiger partial charge in [-0.3, -0.25) is 9.78 Å². The van der Waals surface area contributed by atoms with Crippen LogP contribution < -0.4 is 20.1 Å². The van der Waals surface area contributed by atoms with Gasteiger partial charge >= 0.3 is 0 Å². The Labute approximate surface area is 165 Å². The quantitative estimate of drug-likeness (QED) is 0.722. The van der Waals surface area contributed by atoms with Crippen molar-refractivity contribution in [1.82, 2.24) is 15.6 Å². The van der Waals surface area contributed by atoms with Crippen LogP contribution in [0.4, 0.5) is 0 Å². The molecule has 1 heterocycles. The van der Waals surface area contributed by atoms with Gasteiger partial charge in [-0.05, 0) is 44.0 Å². The van der Waals surface area contributed by atoms with Crippen molar-refractivity contribution < 1.29 is 14.3 Å². The van der Waals surface area contributed by atoms with Crippen LogP contribution in [0.5, 0.6) is 11.5 Å². The molecule has 0 aliphatic rings. The molecule has 2 N–H and O–H groups in total. The predicted octanol–water partition coefficient (Wildman–Crippen LogP) is 3.33. The van der Waals surface area contributed by atoms with E-state index in [-0.39, 0.29) is 18.1 Å². The van der Waals surface area contributed by atoms with Crippen LogP contribution >= 0.6 is 11.6 Å². The lowest BCUT2D eigenvalue weighted by molar-refractivity contribution is -0.124. The molecule has 1 aromatic heterocycles. The van der Waals surface area contributed by atoms with Gasteiger partial charge in [0.05, 0.1) is 7.11 Å². The lowest BCUT2D eigenvalue weighted by Crippen LogP contribution is -2.43. The van der Waals surface area contributed by atoms with E-state index in [2.05, 4.69) is 15.6 Å². The van der Waals surface area contributed by atoms with Crippen LogP contribution in [-0.4, -0.2) is 30.1 Å². The van der Waals surface area contributed by atoms with E-state index in [0.717, 1.165) is 11.1 Å². The maximum absolute atomic E-state index is 11.9. The Kier molecular flexibility index (Phi) is 7.45. The van der Waals surface area contributed by atoms with Crippen LogP contribution in [0.3, 0.4) is 0 Å². The molecule has 1 aromatic carbocycles. The molecule has 0 spiro atoms. The first kappa shape index (κ1) is 21.0. The van der Waals surface area contributed by atoms with Crippen molar-refractivity contribution in [2.45, 2.75) is 39.4 Å². The normalized spacial score (nSPS) is 11.1. The molecule has 0 saturated heterocycles. The number of pyridine rings is 1. The van der Waals surface area contributed by atoms with Gasteiger partial charge in [-0.2, -0.15) is 0 Å². The standard InChI is InChI=1S/C20H26ClN3O3/c1-20(2,3)24-19(25)13-27-18-9-16(21)15(8-17(18)26-4)12-23-11-14-6-5-7-22-10-14/h5-10,23H,11-13H2,1-4H3,(H,24,25). The van der Waals surface area contributed by atoms with Crippen molar-refractivity contribution in [2.75, 3.05) is 13.7 Å². The highest BCUT2D eigenvalue weighted by Crippen LogP contribution is 2.33. The first-order chi connectivity index (χ1) is 12.8. The van der Waals surface area contributed by atoms with E-state index < -0.39 is 0 Å². The second-order valence-corrected chi connectivity index (χ2v) is 7.55. The Balaban J connectivity index is 1.98. The third-order valence-corrected chi connectivity index (χ3v) is 3.93. The van der Waals surface area contributed by atoms with Crippen molar-refractivity contribution in [3.63, 3.8) is 0 Å². The highest BCUT2D eigenvalue weighted by molar-refractivity contribution is 6.31. The van der Waals surface area contributed by atoms with E-state index in [1.54, 1.807) is 19.4 Å². The van der Waals surface area contributed by atoms with E-state index in [9.17, 15) is 4.79 Å². The van der Waals surface area contributed by atoms with Gasteiger partial charge in [0.25, 0.3) is 5.91 Å². The van der Waals surface area contributed by atoms with Crippen molar-refractivity contribution in [3.8, 4) is 11.5 Å². The number of aromatic nitrogens is 1. The van der Waals surface area contributed by atoms with Crippen molar-refractivity contribution in [2.24, 2.45) is 0 Å². The van der Waals surface area contributed by atoms with E-state index in [1.165, 1.54) is 0 Å². The summed E-state index contributed by atoms with van der Waals surface area (Å²) in [6, 6.07) is 7.39. The van der Waals surface area contributed by atoms with Gasteiger partial charge in [-0.15, -0.1) is 0 Å². The SMILES string of the molecule is COc1cc(CNCc2cccnc2)c(Cl)cc1OCC(=O)NC(C)(C)C. The summed E-state index contributed by atoms with van der Waals surface area (Å²) < 4.78 is 11.0. The first-order valence-corrected chi connectivity index (χ1v) is 9.06. The number of ether oxygens (including phenoxy) is 2. The van der Waals surface area contributed by atoms with Gasteiger partial charge in [-0.25, -0.2) is 0 Å². The van der Waals surface area contributed by atoms with Crippen LogP contribution in [0, 0.1) is 0 Å². The van der Waals surface area contributed by atoms with Gasteiger partial charge < -0.3 is 20.1 Å². The monoisotopic (exact) mass is 391 g/mol. The largest absolute Gasteiger partial charge is 0.493 e. The minimum absolute atomic E-state index is 0.109. The topological polar surface area (TPSA) is 72.5 Å². The minimum atomic E-state index is -0.314. The zero-order valence-electron chi connectivity index (χ0n) is 16.1. The molecular formula is C20H26ClN3O3. The fourth-order valence-electron chi connectivity index (χ4n) is 2.43. The fraction of sp³-hybridized carbons (Fsp3) is 0.400. The zero-order valence-corrected chi connectivity index (χ0v) is 16.9. The molecule has 0 fully saturated rings. The lowest BCUT2D eigenvalue weighted by Gasteiger charge is -2.21. The highest BCUT2D eigenvalue weighted by atomic mass is 35.5. The van der Waals surface area contributed by atoms with Crippen molar-refractivity contribution >= 4 is 17.5 Å². The minimum Gasteiger partial charge on any atom is -0.493 e. The van der Waals surface area contributed by atoms with Gasteiger partial charge in [0, 0.05) is 42.1 Å². The summed E-state index contributed by atoms with van der Waals surface area (Å²) in [5, 5.41) is 6.71. The number of hydrogen-bond donors (Lipinski definition) is 2. The number of benzene rings is 1. The maximum atomic E-state index is 11.9. The smallest absolute Gasteiger partial charge is 0.258 e. The molecule has 0 radical (unpaired) electrons. The molecular weight excluding hydrogens is 366 g/mol. The Bertz CT molecular complexity index is 761. The summed E-state index contributed by atoms with van der Waals surface area (Å²) in [6.07, 6.45) is 3.56. The van der Waals surface area contributed by atoms with Crippen LogP contribution in [0.25, 0.3) is 0 Å². The molecule has 0 bridgehead atoms. The summed E-state index contributed by atoms with van der Waals surface area (Å²) in [6.45, 7) is 6.87. The molecule has 1 amide bonds. The molecule has 27 heavy (non-hydrogen) atoms. The summed E-state index contributed by atoms with van der Waals surface area (Å²) >= 11 is 6.37. The predicted molar refractivity (Wildman–Crippen MR) is 106 cm³/mol. The number of nitrogens with zero attached hydrogens (tertiary/aromatic N) is 1. The number of halogens is 1. The van der Waals surface area contributed by atoms with Crippen molar-refractivity contribution in [3.05, 3.63) is 52.8 Å². The Morgan fingerprint density at radius 2 is 2.00 bits per heavy atom. The third kappa shape index (κ3) is 7.07. The molecule has 0 aliphatic carbocycles. The molecule has 0 atom stereocenters. The van der Waals surface area contributed by atoms with Crippen molar-refractivity contribution in [1.29, 1.82) is 0 Å². The molecule has 0 aliphatic heterocycles. The van der Waals surface area contributed by atoms with E-state index in [1.807, 2.05) is 45.2 Å². The summed E-state index contributed by atoms with van der Waals surface area (Å²) in [4.78, 5) is 16.0. The molecule has 2 rings (SSSR count). The highest BCUT2D eigenvalue weighted by Gasteiger charge is 2.16. The van der Waals surface area contributed by atoms with E-state index >= 15 is 0 Å². The van der Waals surface area contributed by atoms with Crippen LogP contribution in [0.1, 0.15) is 31.9 Å². The summed E-state index contributed by atoms with van der Waals surface area (Å²) in [5.74, 6) is 0.756. The number of hydrogen-bond acceptors (Lipinski definition) is 5. The molecule has 2 aromatic rings. The Hall–Kier alpha value is -2.31. The van der Waals surface area contributed by atoms with E-state index in [0.29, 0.717) is 29.6 Å². The molecule has 0 unspecified atom stereocenters. The summed E-state index contributed by atoms with van der Waals surface area (Å²) in [5.41, 5.74) is 1.65. The summed E-state index contributed by atoms with van der Waals surface area (Å²) in [7, 11) is 1.55. The second kappa shape index (κ2) is 9.58. The average Bonchev–Trinajstić information content (AvgIpc) is 2.61. The lowest BCUT2D eigenvalue weighted by atomic mass is 10.1. The van der Waals surface area contributed by atoms with Gasteiger partial charge in [0.1, 0.15) is 0 Å². The number of nitrogens with one attached hydrogen (secondary N) is 2. The zero-order chi connectivity index (χ0) is 19.9. The molecule has 0 saturated carbocycles. The molecule has 146 valence electrons. The first-order valence-electron chi connectivity index (χ1n) is 8.68. The van der Waals surface area contributed by atoms with Crippen LogP contribution in [-0.2, 0) is 17.9 Å².